The number of hydrogen-bond donors (Lipinski definition) is 0. The Bertz CT molecular complexity index is 329. The van der Waals surface area contributed by atoms with E-state index in [4.69, 9.17) is 9.47 Å². The van der Waals surface area contributed by atoms with Crippen molar-refractivity contribution in [1.29, 1.82) is 0 Å². The zero-order chi connectivity index (χ0) is 10.5. The number of aryl methyl sites for hydroxylation is 1. The second-order valence-electron chi connectivity index (χ2n) is 3.74. The highest BCUT2D eigenvalue weighted by Gasteiger charge is 2.22. The molecule has 1 unspecified atom stereocenters. The molecule has 1 saturated heterocycles. The Kier molecular flexibility index (Phi) is 3.41. The van der Waals surface area contributed by atoms with Crippen molar-refractivity contribution < 1.29 is 9.47 Å². The van der Waals surface area contributed by atoms with Crippen LogP contribution in [0.25, 0.3) is 0 Å². The van der Waals surface area contributed by atoms with Crippen molar-refractivity contribution >= 4 is 0 Å². The summed E-state index contributed by atoms with van der Waals surface area (Å²) in [5, 5.41) is 0. The Morgan fingerprint density at radius 1 is 1.53 bits per heavy atom. The summed E-state index contributed by atoms with van der Waals surface area (Å²) in [5.74, 6) is 0.937. The molecule has 15 heavy (non-hydrogen) atoms. The van der Waals surface area contributed by atoms with Crippen LogP contribution >= 0.6 is 0 Å². The molecule has 0 aliphatic carbocycles. The number of benzene rings is 1. The van der Waals surface area contributed by atoms with Crippen molar-refractivity contribution in [3.8, 4) is 5.75 Å². The van der Waals surface area contributed by atoms with Gasteiger partial charge in [-0.1, -0.05) is 18.2 Å². The highest BCUT2D eigenvalue weighted by Crippen LogP contribution is 2.17. The molecule has 0 radical (unpaired) electrons. The SMILES string of the molecule is C=CCCc1cccc(OCC2CO2)c1. The summed E-state index contributed by atoms with van der Waals surface area (Å²) in [6.45, 7) is 5.23. The third-order valence-electron chi connectivity index (χ3n) is 2.37. The second-order valence-corrected chi connectivity index (χ2v) is 3.74. The van der Waals surface area contributed by atoms with Gasteiger partial charge in [0.2, 0.25) is 0 Å². The van der Waals surface area contributed by atoms with Crippen LogP contribution in [-0.4, -0.2) is 19.3 Å². The summed E-state index contributed by atoms with van der Waals surface area (Å²) in [6.07, 6.45) is 4.29. The van der Waals surface area contributed by atoms with Crippen LogP contribution in [-0.2, 0) is 11.2 Å². The molecular weight excluding hydrogens is 188 g/mol. The molecule has 1 aliphatic heterocycles. The molecule has 80 valence electrons. The van der Waals surface area contributed by atoms with E-state index in [-0.39, 0.29) is 0 Å². The normalized spacial score (nSPS) is 18.5. The highest BCUT2D eigenvalue weighted by atomic mass is 16.6. The molecule has 2 nitrogen and oxygen atoms in total. The fourth-order valence-corrected chi connectivity index (χ4v) is 1.41. The van der Waals surface area contributed by atoms with E-state index < -0.39 is 0 Å². The molecule has 0 spiro atoms. The lowest BCUT2D eigenvalue weighted by Crippen LogP contribution is -2.04. The van der Waals surface area contributed by atoms with E-state index in [1.54, 1.807) is 0 Å². The molecule has 0 N–H and O–H groups in total. The van der Waals surface area contributed by atoms with Crippen LogP contribution in [0.1, 0.15) is 12.0 Å². The molecule has 0 amide bonds. The van der Waals surface area contributed by atoms with E-state index in [2.05, 4.69) is 18.7 Å². The first-order valence-electron chi connectivity index (χ1n) is 5.33. The predicted molar refractivity (Wildman–Crippen MR) is 60.2 cm³/mol. The monoisotopic (exact) mass is 204 g/mol. The topological polar surface area (TPSA) is 21.8 Å². The zero-order valence-corrected chi connectivity index (χ0v) is 8.82. The van der Waals surface area contributed by atoms with Gasteiger partial charge in [0.05, 0.1) is 6.61 Å². The minimum Gasteiger partial charge on any atom is -0.491 e. The summed E-state index contributed by atoms with van der Waals surface area (Å²) >= 11 is 0. The van der Waals surface area contributed by atoms with Gasteiger partial charge in [0.1, 0.15) is 18.5 Å². The van der Waals surface area contributed by atoms with Gasteiger partial charge in [0, 0.05) is 0 Å². The van der Waals surface area contributed by atoms with Crippen LogP contribution in [0, 0.1) is 0 Å². The maximum Gasteiger partial charge on any atom is 0.119 e. The molecule has 1 fully saturated rings. The number of ether oxygens (including phenoxy) is 2. The van der Waals surface area contributed by atoms with Crippen molar-refractivity contribution in [1.82, 2.24) is 0 Å². The molecule has 0 saturated carbocycles. The van der Waals surface area contributed by atoms with Gasteiger partial charge in [-0.15, -0.1) is 6.58 Å². The van der Waals surface area contributed by atoms with E-state index >= 15 is 0 Å². The van der Waals surface area contributed by atoms with E-state index in [0.29, 0.717) is 12.7 Å². The standard InChI is InChI=1S/C13H16O2/c1-2-3-5-11-6-4-7-12(8-11)14-9-13-10-15-13/h2,4,6-8,13H,1,3,5,9-10H2. The number of epoxide rings is 1. The van der Waals surface area contributed by atoms with Crippen LogP contribution in [0.15, 0.2) is 36.9 Å². The van der Waals surface area contributed by atoms with Crippen LogP contribution in [0.5, 0.6) is 5.75 Å². The summed E-state index contributed by atoms with van der Waals surface area (Å²) in [5.41, 5.74) is 1.30. The largest absolute Gasteiger partial charge is 0.491 e. The van der Waals surface area contributed by atoms with E-state index in [9.17, 15) is 0 Å². The highest BCUT2D eigenvalue weighted by molar-refractivity contribution is 5.28. The molecule has 2 rings (SSSR count). The second kappa shape index (κ2) is 4.99. The fourth-order valence-electron chi connectivity index (χ4n) is 1.41. The van der Waals surface area contributed by atoms with Crippen molar-refractivity contribution in [2.24, 2.45) is 0 Å². The molecule has 2 heteroatoms. The van der Waals surface area contributed by atoms with Gasteiger partial charge >= 0.3 is 0 Å². The maximum atomic E-state index is 5.60. The third kappa shape index (κ3) is 3.40. The van der Waals surface area contributed by atoms with Crippen molar-refractivity contribution in [3.63, 3.8) is 0 Å². The van der Waals surface area contributed by atoms with Crippen molar-refractivity contribution in [2.75, 3.05) is 13.2 Å². The number of allylic oxidation sites excluding steroid dienone is 1. The van der Waals surface area contributed by atoms with Crippen LogP contribution in [0.4, 0.5) is 0 Å². The molecule has 1 aliphatic rings. The molecule has 1 heterocycles. The Hall–Kier alpha value is -1.28. The molecule has 1 atom stereocenters. The van der Waals surface area contributed by atoms with E-state index in [1.807, 2.05) is 18.2 Å². The minimum absolute atomic E-state index is 0.321. The van der Waals surface area contributed by atoms with Gasteiger partial charge in [-0.3, -0.25) is 0 Å². The van der Waals surface area contributed by atoms with Gasteiger partial charge in [0.25, 0.3) is 0 Å². The predicted octanol–water partition coefficient (Wildman–Crippen LogP) is 2.58. The average molecular weight is 204 g/mol. The van der Waals surface area contributed by atoms with Gasteiger partial charge in [0.15, 0.2) is 0 Å². The number of rotatable bonds is 6. The smallest absolute Gasteiger partial charge is 0.119 e. The van der Waals surface area contributed by atoms with E-state index in [1.165, 1.54) is 5.56 Å². The molecule has 1 aromatic carbocycles. The van der Waals surface area contributed by atoms with Crippen LogP contribution in [0.2, 0.25) is 0 Å². The van der Waals surface area contributed by atoms with Crippen LogP contribution in [0.3, 0.4) is 0 Å². The third-order valence-corrected chi connectivity index (χ3v) is 2.37. The summed E-state index contributed by atoms with van der Waals surface area (Å²) in [6, 6.07) is 8.22. The molecular formula is C13H16O2. The first-order chi connectivity index (χ1) is 7.38. The van der Waals surface area contributed by atoms with Gasteiger partial charge in [-0.25, -0.2) is 0 Å². The Morgan fingerprint density at radius 2 is 2.40 bits per heavy atom. The van der Waals surface area contributed by atoms with Crippen LogP contribution < -0.4 is 4.74 Å². The zero-order valence-electron chi connectivity index (χ0n) is 8.82. The summed E-state index contributed by atoms with van der Waals surface area (Å²) in [7, 11) is 0. The Balaban J connectivity index is 1.88. The Morgan fingerprint density at radius 3 is 3.13 bits per heavy atom. The van der Waals surface area contributed by atoms with Gasteiger partial charge in [-0.2, -0.15) is 0 Å². The lowest BCUT2D eigenvalue weighted by molar-refractivity contribution is 0.263. The van der Waals surface area contributed by atoms with E-state index in [0.717, 1.165) is 25.2 Å². The average Bonchev–Trinajstić information content (AvgIpc) is 3.08. The Labute approximate surface area is 90.5 Å². The minimum atomic E-state index is 0.321. The summed E-state index contributed by atoms with van der Waals surface area (Å²) < 4.78 is 10.7. The first-order valence-corrected chi connectivity index (χ1v) is 5.33. The molecule has 0 bridgehead atoms. The lowest BCUT2D eigenvalue weighted by Gasteiger charge is -2.05. The van der Waals surface area contributed by atoms with Gasteiger partial charge < -0.3 is 9.47 Å². The first kappa shape index (κ1) is 10.2. The fraction of sp³-hybridized carbons (Fsp3) is 0.385. The molecule has 0 aromatic heterocycles. The molecule has 1 aromatic rings. The summed E-state index contributed by atoms with van der Waals surface area (Å²) in [4.78, 5) is 0. The quantitative estimate of drug-likeness (QED) is 0.524. The van der Waals surface area contributed by atoms with Gasteiger partial charge in [-0.05, 0) is 30.5 Å². The maximum absolute atomic E-state index is 5.60. The van der Waals surface area contributed by atoms with Crippen molar-refractivity contribution in [2.45, 2.75) is 18.9 Å². The van der Waals surface area contributed by atoms with Crippen molar-refractivity contribution in [3.05, 3.63) is 42.5 Å². The number of hydrogen-bond acceptors (Lipinski definition) is 2. The lowest BCUT2D eigenvalue weighted by atomic mass is 10.1.